The van der Waals surface area contributed by atoms with E-state index in [1.807, 2.05) is 36.4 Å². The first-order valence-electron chi connectivity index (χ1n) is 4.23. The molecule has 0 aliphatic carbocycles. The number of nitriles is 1. The number of hydrogen-bond acceptors (Lipinski definition) is 2. The summed E-state index contributed by atoms with van der Waals surface area (Å²) in [7, 11) is 0. The van der Waals surface area contributed by atoms with Gasteiger partial charge >= 0.3 is 0 Å². The lowest BCUT2D eigenvalue weighted by Gasteiger charge is -1.99. The fourth-order valence-electron chi connectivity index (χ4n) is 1.25. The van der Waals surface area contributed by atoms with Gasteiger partial charge in [-0.15, -0.1) is 0 Å². The van der Waals surface area contributed by atoms with Gasteiger partial charge in [0.1, 0.15) is 11.8 Å². The topological polar surface area (TPSA) is 36.7 Å². The Bertz CT molecular complexity index is 469. The van der Waals surface area contributed by atoms with Crippen LogP contribution in [0.3, 0.4) is 0 Å². The van der Waals surface area contributed by atoms with Crippen LogP contribution in [-0.2, 0) is 0 Å². The van der Waals surface area contributed by atoms with E-state index in [0.717, 1.165) is 11.1 Å². The van der Waals surface area contributed by atoms with Gasteiger partial charge in [-0.1, -0.05) is 24.3 Å². The molecule has 1 aromatic heterocycles. The van der Waals surface area contributed by atoms with Crippen molar-refractivity contribution in [3.8, 4) is 17.2 Å². The first-order chi connectivity index (χ1) is 6.90. The van der Waals surface area contributed by atoms with Crippen LogP contribution >= 0.6 is 0 Å². The second-order valence-electron chi connectivity index (χ2n) is 2.83. The van der Waals surface area contributed by atoms with Crippen molar-refractivity contribution in [2.45, 2.75) is 0 Å². The first-order valence-corrected chi connectivity index (χ1v) is 4.23. The van der Waals surface area contributed by atoms with E-state index in [0.29, 0.717) is 5.69 Å². The monoisotopic (exact) mass is 179 g/mol. The second-order valence-corrected chi connectivity index (χ2v) is 2.83. The average molecular weight is 179 g/mol. The zero-order chi connectivity index (χ0) is 9.80. The minimum absolute atomic E-state index is 0.440. The van der Waals surface area contributed by atoms with E-state index in [9.17, 15) is 0 Å². The number of benzene rings is 1. The van der Waals surface area contributed by atoms with E-state index in [4.69, 9.17) is 5.26 Å². The van der Waals surface area contributed by atoms with E-state index < -0.39 is 0 Å². The molecule has 0 amide bonds. The van der Waals surface area contributed by atoms with Crippen LogP contribution in [0.4, 0.5) is 0 Å². The fraction of sp³-hybridized carbons (Fsp3) is 0. The molecule has 0 saturated carbocycles. The van der Waals surface area contributed by atoms with Crippen LogP contribution in [-0.4, -0.2) is 4.98 Å². The molecular formula is C12H7N2. The summed E-state index contributed by atoms with van der Waals surface area (Å²) >= 11 is 0. The molecule has 2 heteroatoms. The average Bonchev–Trinajstić information content (AvgIpc) is 2.30. The molecule has 0 spiro atoms. The Morgan fingerprint density at radius 2 is 1.93 bits per heavy atom. The summed E-state index contributed by atoms with van der Waals surface area (Å²) in [6.07, 6.45) is 1.64. The highest BCUT2D eigenvalue weighted by molar-refractivity contribution is 5.63. The van der Waals surface area contributed by atoms with Crippen LogP contribution in [0.2, 0.25) is 0 Å². The van der Waals surface area contributed by atoms with Gasteiger partial charge in [-0.05, 0) is 29.3 Å². The van der Waals surface area contributed by atoms with Crippen molar-refractivity contribution in [3.05, 3.63) is 54.4 Å². The Morgan fingerprint density at radius 1 is 1.14 bits per heavy atom. The van der Waals surface area contributed by atoms with E-state index in [1.165, 1.54) is 0 Å². The normalized spacial score (nSPS) is 9.36. The quantitative estimate of drug-likeness (QED) is 0.674. The van der Waals surface area contributed by atoms with Gasteiger partial charge in [0.2, 0.25) is 0 Å². The van der Waals surface area contributed by atoms with E-state index >= 15 is 0 Å². The summed E-state index contributed by atoms with van der Waals surface area (Å²) < 4.78 is 0. The fourth-order valence-corrected chi connectivity index (χ4v) is 1.25. The highest BCUT2D eigenvalue weighted by Gasteiger charge is 1.97. The largest absolute Gasteiger partial charge is 0.246 e. The molecule has 2 aromatic rings. The Morgan fingerprint density at radius 3 is 2.64 bits per heavy atom. The third-order valence-electron chi connectivity index (χ3n) is 1.93. The van der Waals surface area contributed by atoms with Gasteiger partial charge in [0.05, 0.1) is 0 Å². The molecule has 0 atom stereocenters. The molecule has 0 fully saturated rings. The zero-order valence-electron chi connectivity index (χ0n) is 7.44. The molecule has 0 aliphatic heterocycles. The molecule has 1 aromatic carbocycles. The maximum atomic E-state index is 8.69. The number of aromatic nitrogens is 1. The minimum Gasteiger partial charge on any atom is -0.246 e. The van der Waals surface area contributed by atoms with E-state index in [2.05, 4.69) is 11.1 Å². The van der Waals surface area contributed by atoms with Gasteiger partial charge in [-0.2, -0.15) is 5.26 Å². The first kappa shape index (κ1) is 8.46. The van der Waals surface area contributed by atoms with Crippen LogP contribution in [0.5, 0.6) is 0 Å². The van der Waals surface area contributed by atoms with Gasteiger partial charge in [0, 0.05) is 6.20 Å². The molecule has 0 aliphatic rings. The lowest BCUT2D eigenvalue weighted by atomic mass is 10.1. The smallest absolute Gasteiger partial charge is 0.141 e. The van der Waals surface area contributed by atoms with Crippen molar-refractivity contribution >= 4 is 0 Å². The standard InChI is InChI=1S/C12H7N2/c13-9-12-8-11(6-7-14-12)10-4-2-1-3-5-10/h2-8H. The summed E-state index contributed by atoms with van der Waals surface area (Å²) in [6, 6.07) is 16.2. The number of hydrogen-bond donors (Lipinski definition) is 0. The van der Waals surface area contributed by atoms with E-state index in [1.54, 1.807) is 12.3 Å². The molecule has 65 valence electrons. The predicted molar refractivity (Wildman–Crippen MR) is 53.2 cm³/mol. The Balaban J connectivity index is 2.49. The third-order valence-corrected chi connectivity index (χ3v) is 1.93. The van der Waals surface area contributed by atoms with Gasteiger partial charge < -0.3 is 0 Å². The van der Waals surface area contributed by atoms with Crippen molar-refractivity contribution in [1.29, 1.82) is 5.26 Å². The highest BCUT2D eigenvalue weighted by Crippen LogP contribution is 2.18. The lowest BCUT2D eigenvalue weighted by Crippen LogP contribution is -1.83. The molecule has 0 bridgehead atoms. The van der Waals surface area contributed by atoms with Crippen LogP contribution in [0.15, 0.2) is 42.6 Å². The Kier molecular flexibility index (Phi) is 2.24. The molecular weight excluding hydrogens is 172 g/mol. The molecule has 2 nitrogen and oxygen atoms in total. The van der Waals surface area contributed by atoms with Crippen molar-refractivity contribution in [3.63, 3.8) is 0 Å². The van der Waals surface area contributed by atoms with Crippen molar-refractivity contribution in [1.82, 2.24) is 4.98 Å². The lowest BCUT2D eigenvalue weighted by molar-refractivity contribution is 1.26. The number of rotatable bonds is 1. The Hall–Kier alpha value is -2.14. The molecule has 1 radical (unpaired) electrons. The summed E-state index contributed by atoms with van der Waals surface area (Å²) in [6.45, 7) is 0. The number of pyridine rings is 1. The summed E-state index contributed by atoms with van der Waals surface area (Å²) in [4.78, 5) is 3.91. The Labute approximate surface area is 82.5 Å². The SMILES string of the molecule is N#Cc1cc(-c2cc[c]cc2)ccn1. The van der Waals surface area contributed by atoms with E-state index in [-0.39, 0.29) is 0 Å². The second kappa shape index (κ2) is 3.71. The van der Waals surface area contributed by atoms with Crippen LogP contribution in [0.1, 0.15) is 5.69 Å². The summed E-state index contributed by atoms with van der Waals surface area (Å²) in [5.41, 5.74) is 2.52. The van der Waals surface area contributed by atoms with Crippen LogP contribution in [0.25, 0.3) is 11.1 Å². The molecule has 0 saturated heterocycles. The molecule has 0 N–H and O–H groups in total. The van der Waals surface area contributed by atoms with Gasteiger partial charge in [-0.25, -0.2) is 4.98 Å². The summed E-state index contributed by atoms with van der Waals surface area (Å²) in [5, 5.41) is 8.69. The van der Waals surface area contributed by atoms with Crippen molar-refractivity contribution < 1.29 is 0 Å². The van der Waals surface area contributed by atoms with Crippen LogP contribution < -0.4 is 0 Å². The minimum atomic E-state index is 0.440. The zero-order valence-corrected chi connectivity index (χ0v) is 7.44. The highest BCUT2D eigenvalue weighted by atomic mass is 14.7. The van der Waals surface area contributed by atoms with Crippen LogP contribution in [0, 0.1) is 17.4 Å². The van der Waals surface area contributed by atoms with Gasteiger partial charge in [0.15, 0.2) is 0 Å². The van der Waals surface area contributed by atoms with Gasteiger partial charge in [-0.3, -0.25) is 0 Å². The molecule has 2 rings (SSSR count). The van der Waals surface area contributed by atoms with Crippen molar-refractivity contribution in [2.75, 3.05) is 0 Å². The van der Waals surface area contributed by atoms with Gasteiger partial charge in [0.25, 0.3) is 0 Å². The predicted octanol–water partition coefficient (Wildman–Crippen LogP) is 2.42. The number of nitrogens with zero attached hydrogens (tertiary/aromatic N) is 2. The molecule has 14 heavy (non-hydrogen) atoms. The third kappa shape index (κ3) is 1.62. The van der Waals surface area contributed by atoms with Crippen molar-refractivity contribution in [2.24, 2.45) is 0 Å². The maximum Gasteiger partial charge on any atom is 0.141 e. The molecule has 1 heterocycles. The maximum absolute atomic E-state index is 8.69. The summed E-state index contributed by atoms with van der Waals surface area (Å²) in [5.74, 6) is 0. The molecule has 0 unspecified atom stereocenters.